The van der Waals surface area contributed by atoms with Gasteiger partial charge in [-0.3, -0.25) is 4.79 Å². The van der Waals surface area contributed by atoms with E-state index in [1.165, 1.54) is 29.3 Å². The zero-order chi connectivity index (χ0) is 21.0. The number of thiocarbonyl (C=S) groups is 1. The summed E-state index contributed by atoms with van der Waals surface area (Å²) in [6, 6.07) is 12.1. The lowest BCUT2D eigenvalue weighted by Crippen LogP contribution is -2.22. The number of phenols is 2. The van der Waals surface area contributed by atoms with Crippen LogP contribution in [0.4, 0.5) is 5.69 Å². The Balaban J connectivity index is 1.75. The third-order valence-electron chi connectivity index (χ3n) is 4.42. The molecular formula is C21H21N3O3S2. The number of benzene rings is 2. The Morgan fingerprint density at radius 1 is 1.14 bits per heavy atom. The van der Waals surface area contributed by atoms with Crippen molar-refractivity contribution in [2.24, 2.45) is 5.10 Å². The SMILES string of the molecule is CCN(CC)c1ccc(/C=N/N2C(=O)/C(=C\c3ccc(O)cc3O)SC2=S)cc1. The summed E-state index contributed by atoms with van der Waals surface area (Å²) in [6.07, 6.45) is 3.13. The summed E-state index contributed by atoms with van der Waals surface area (Å²) in [5.74, 6) is -0.528. The average Bonchev–Trinajstić information content (AvgIpc) is 2.97. The van der Waals surface area contributed by atoms with E-state index in [1.54, 1.807) is 6.21 Å². The molecule has 0 aromatic heterocycles. The van der Waals surface area contributed by atoms with Gasteiger partial charge in [0.15, 0.2) is 4.32 Å². The number of amides is 1. The number of phenolic OH excluding ortho intramolecular Hbond substituents is 2. The Hall–Kier alpha value is -2.84. The van der Waals surface area contributed by atoms with Crippen LogP contribution >= 0.6 is 24.0 Å². The van der Waals surface area contributed by atoms with Crippen molar-refractivity contribution in [3.05, 3.63) is 58.5 Å². The fourth-order valence-electron chi connectivity index (χ4n) is 2.84. The van der Waals surface area contributed by atoms with E-state index in [9.17, 15) is 15.0 Å². The van der Waals surface area contributed by atoms with Crippen molar-refractivity contribution in [2.75, 3.05) is 18.0 Å². The van der Waals surface area contributed by atoms with Crippen LogP contribution in [-0.2, 0) is 4.79 Å². The Kier molecular flexibility index (Phi) is 6.56. The summed E-state index contributed by atoms with van der Waals surface area (Å²) in [5.41, 5.74) is 2.41. The van der Waals surface area contributed by atoms with Gasteiger partial charge in [-0.05, 0) is 62.0 Å². The van der Waals surface area contributed by atoms with Crippen LogP contribution in [-0.4, -0.2) is 44.8 Å². The van der Waals surface area contributed by atoms with Gasteiger partial charge in [-0.15, -0.1) is 0 Å². The zero-order valence-corrected chi connectivity index (χ0v) is 17.7. The summed E-state index contributed by atoms with van der Waals surface area (Å²) < 4.78 is 0.315. The van der Waals surface area contributed by atoms with Crippen LogP contribution < -0.4 is 4.90 Å². The predicted molar refractivity (Wildman–Crippen MR) is 122 cm³/mol. The van der Waals surface area contributed by atoms with Crippen molar-refractivity contribution in [3.8, 4) is 11.5 Å². The summed E-state index contributed by atoms with van der Waals surface area (Å²) in [5, 5.41) is 24.7. The Labute approximate surface area is 179 Å². The first-order valence-electron chi connectivity index (χ1n) is 9.11. The molecule has 0 bridgehead atoms. The quantitative estimate of drug-likeness (QED) is 0.409. The molecule has 150 valence electrons. The van der Waals surface area contributed by atoms with E-state index in [0.717, 1.165) is 36.1 Å². The highest BCUT2D eigenvalue weighted by molar-refractivity contribution is 8.26. The van der Waals surface area contributed by atoms with Gasteiger partial charge in [0.1, 0.15) is 11.5 Å². The van der Waals surface area contributed by atoms with Crippen molar-refractivity contribution in [3.63, 3.8) is 0 Å². The van der Waals surface area contributed by atoms with E-state index >= 15 is 0 Å². The van der Waals surface area contributed by atoms with E-state index in [1.807, 2.05) is 24.3 Å². The van der Waals surface area contributed by atoms with E-state index < -0.39 is 0 Å². The molecule has 1 aliphatic rings. The van der Waals surface area contributed by atoms with Gasteiger partial charge in [0.05, 0.1) is 11.1 Å². The molecule has 3 rings (SSSR count). The first-order chi connectivity index (χ1) is 13.9. The standard InChI is InChI=1S/C21H21N3O3S2/c1-3-23(4-2)16-8-5-14(6-9-16)13-22-24-20(27)19(29-21(24)28)11-15-7-10-17(25)12-18(15)26/h5-13,25-26H,3-4H2,1-2H3/b19-11+,22-13+. The van der Waals surface area contributed by atoms with Gasteiger partial charge in [0, 0.05) is 30.4 Å². The van der Waals surface area contributed by atoms with Crippen LogP contribution in [0.25, 0.3) is 6.08 Å². The largest absolute Gasteiger partial charge is 0.508 e. The van der Waals surface area contributed by atoms with Crippen molar-refractivity contribution < 1.29 is 15.0 Å². The van der Waals surface area contributed by atoms with Crippen molar-refractivity contribution >= 4 is 52.2 Å². The number of rotatable bonds is 6. The van der Waals surface area contributed by atoms with Gasteiger partial charge < -0.3 is 15.1 Å². The van der Waals surface area contributed by atoms with Gasteiger partial charge in [-0.2, -0.15) is 10.1 Å². The molecule has 1 aliphatic heterocycles. The van der Waals surface area contributed by atoms with Crippen molar-refractivity contribution in [1.82, 2.24) is 5.01 Å². The minimum atomic E-state index is -0.358. The van der Waals surface area contributed by atoms with Crippen LogP contribution in [0.15, 0.2) is 52.5 Å². The van der Waals surface area contributed by atoms with Crippen molar-refractivity contribution in [1.29, 1.82) is 0 Å². The summed E-state index contributed by atoms with van der Waals surface area (Å²) in [4.78, 5) is 15.2. The second-order valence-corrected chi connectivity index (χ2v) is 7.92. The molecule has 2 aromatic carbocycles. The molecular weight excluding hydrogens is 406 g/mol. The number of hydrazone groups is 1. The maximum atomic E-state index is 12.6. The van der Waals surface area contributed by atoms with Gasteiger partial charge in [-0.25, -0.2) is 0 Å². The topological polar surface area (TPSA) is 76.4 Å². The fourth-order valence-corrected chi connectivity index (χ4v) is 4.00. The molecule has 6 nitrogen and oxygen atoms in total. The van der Waals surface area contributed by atoms with Crippen LogP contribution in [0, 0.1) is 0 Å². The normalized spacial score (nSPS) is 15.7. The van der Waals surface area contributed by atoms with Crippen LogP contribution in [0.5, 0.6) is 11.5 Å². The lowest BCUT2D eigenvalue weighted by atomic mass is 10.1. The Morgan fingerprint density at radius 3 is 2.45 bits per heavy atom. The zero-order valence-electron chi connectivity index (χ0n) is 16.1. The number of aromatic hydroxyl groups is 2. The summed E-state index contributed by atoms with van der Waals surface area (Å²) in [6.45, 7) is 6.09. The summed E-state index contributed by atoms with van der Waals surface area (Å²) in [7, 11) is 0. The van der Waals surface area contributed by atoms with Gasteiger partial charge in [-0.1, -0.05) is 23.9 Å². The number of anilines is 1. The van der Waals surface area contributed by atoms with Crippen molar-refractivity contribution in [2.45, 2.75) is 13.8 Å². The minimum absolute atomic E-state index is 0.0520. The van der Waals surface area contributed by atoms with E-state index in [2.05, 4.69) is 23.8 Å². The number of hydrogen-bond donors (Lipinski definition) is 2. The number of carbonyl (C=O) groups excluding carboxylic acids is 1. The van der Waals surface area contributed by atoms with E-state index in [4.69, 9.17) is 12.2 Å². The molecule has 8 heteroatoms. The summed E-state index contributed by atoms with van der Waals surface area (Å²) >= 11 is 6.38. The average molecular weight is 428 g/mol. The molecule has 0 atom stereocenters. The third kappa shape index (κ3) is 4.78. The lowest BCUT2D eigenvalue weighted by Gasteiger charge is -2.20. The second kappa shape index (κ2) is 9.11. The second-order valence-electron chi connectivity index (χ2n) is 6.25. The maximum Gasteiger partial charge on any atom is 0.286 e. The molecule has 0 saturated carbocycles. The molecule has 0 radical (unpaired) electrons. The van der Waals surface area contributed by atoms with Gasteiger partial charge in [0.25, 0.3) is 5.91 Å². The van der Waals surface area contributed by atoms with Crippen LogP contribution in [0.1, 0.15) is 25.0 Å². The molecule has 2 aromatic rings. The number of hydrogen-bond acceptors (Lipinski definition) is 7. The molecule has 1 amide bonds. The predicted octanol–water partition coefficient (Wildman–Crippen LogP) is 4.18. The van der Waals surface area contributed by atoms with Crippen LogP contribution in [0.2, 0.25) is 0 Å². The monoisotopic (exact) mass is 427 g/mol. The molecule has 0 aliphatic carbocycles. The minimum Gasteiger partial charge on any atom is -0.508 e. The molecule has 0 unspecified atom stereocenters. The molecule has 1 fully saturated rings. The number of thioether (sulfide) groups is 1. The van der Waals surface area contributed by atoms with Crippen LogP contribution in [0.3, 0.4) is 0 Å². The first-order valence-corrected chi connectivity index (χ1v) is 10.3. The fraction of sp³-hybridized carbons (Fsp3) is 0.190. The number of carbonyl (C=O) groups is 1. The Morgan fingerprint density at radius 2 is 1.83 bits per heavy atom. The molecule has 1 heterocycles. The lowest BCUT2D eigenvalue weighted by molar-refractivity contribution is -0.122. The molecule has 0 spiro atoms. The highest BCUT2D eigenvalue weighted by Crippen LogP contribution is 2.35. The molecule has 1 saturated heterocycles. The van der Waals surface area contributed by atoms with Gasteiger partial charge >= 0.3 is 0 Å². The van der Waals surface area contributed by atoms with E-state index in [0.29, 0.717) is 14.8 Å². The first kappa shape index (κ1) is 20.9. The maximum absolute atomic E-state index is 12.6. The molecule has 29 heavy (non-hydrogen) atoms. The number of nitrogens with zero attached hydrogens (tertiary/aromatic N) is 3. The molecule has 2 N–H and O–H groups in total. The van der Waals surface area contributed by atoms with Gasteiger partial charge in [0.2, 0.25) is 0 Å². The highest BCUT2D eigenvalue weighted by Gasteiger charge is 2.32. The third-order valence-corrected chi connectivity index (χ3v) is 5.70. The van der Waals surface area contributed by atoms with E-state index in [-0.39, 0.29) is 17.4 Å². The highest BCUT2D eigenvalue weighted by atomic mass is 32.2. The Bertz CT molecular complexity index is 983. The smallest absolute Gasteiger partial charge is 0.286 e.